The molecule has 29 heavy (non-hydrogen) atoms. The van der Waals surface area contributed by atoms with Crippen molar-refractivity contribution in [3.63, 3.8) is 0 Å². The molecule has 0 saturated carbocycles. The number of piperidine rings is 1. The number of rotatable bonds is 2. The van der Waals surface area contributed by atoms with Crippen LogP contribution in [0.5, 0.6) is 11.5 Å². The maximum atomic E-state index is 9.55. The molecule has 4 rings (SSSR count). The number of carbonyl (C=O) groups is 2. The molecular formula is C23H25NO5. The van der Waals surface area contributed by atoms with Gasteiger partial charge in [0.1, 0.15) is 11.5 Å². The molecule has 6 heteroatoms. The van der Waals surface area contributed by atoms with Crippen LogP contribution in [-0.4, -0.2) is 47.2 Å². The molecule has 0 radical (unpaired) electrons. The standard InChI is InChI=1S/C19H21NO.C4H4O4/c1-13-7-8-19-16(11-13)14-9-10-20(2)12-17(14)15-5-3-4-6-18(15)21-19;5-3(6)1-2-4(7)8/h3-8,11,14,17H,9-10,12H2,1-2H3;1-2H,(H,5,6)(H,7,8)/b;2-1-/t14-,17-;/m0./s1. The number of likely N-dealkylation sites (tertiary alicyclic amines) is 1. The number of hydrogen-bond donors (Lipinski definition) is 2. The number of benzene rings is 2. The molecule has 2 aliphatic heterocycles. The Bertz CT molecular complexity index is 921. The Morgan fingerprint density at radius 3 is 2.34 bits per heavy atom. The number of fused-ring (bicyclic) bond motifs is 5. The molecule has 2 aromatic rings. The zero-order chi connectivity index (χ0) is 21.0. The molecule has 2 aromatic carbocycles. The summed E-state index contributed by atoms with van der Waals surface area (Å²) in [6.45, 7) is 4.44. The van der Waals surface area contributed by atoms with Crippen LogP contribution in [0.15, 0.2) is 54.6 Å². The van der Waals surface area contributed by atoms with Gasteiger partial charge in [-0.3, -0.25) is 0 Å². The minimum atomic E-state index is -1.26. The van der Waals surface area contributed by atoms with Crippen LogP contribution < -0.4 is 4.74 Å². The monoisotopic (exact) mass is 395 g/mol. The van der Waals surface area contributed by atoms with E-state index in [0.29, 0.717) is 24.0 Å². The summed E-state index contributed by atoms with van der Waals surface area (Å²) in [7, 11) is 2.22. The number of carboxylic acids is 2. The first-order valence-electron chi connectivity index (χ1n) is 9.55. The summed E-state index contributed by atoms with van der Waals surface area (Å²) in [5.41, 5.74) is 4.08. The number of aliphatic carboxylic acids is 2. The number of likely N-dealkylation sites (N-methyl/N-ethyl adjacent to an activating group) is 1. The van der Waals surface area contributed by atoms with Gasteiger partial charge in [0.2, 0.25) is 0 Å². The van der Waals surface area contributed by atoms with E-state index >= 15 is 0 Å². The summed E-state index contributed by atoms with van der Waals surface area (Å²) in [6.07, 6.45) is 2.32. The van der Waals surface area contributed by atoms with Crippen LogP contribution in [-0.2, 0) is 9.59 Å². The van der Waals surface area contributed by atoms with Crippen LogP contribution in [0.4, 0.5) is 0 Å². The van der Waals surface area contributed by atoms with Gasteiger partial charge in [0.05, 0.1) is 0 Å². The van der Waals surface area contributed by atoms with Gasteiger partial charge in [-0.1, -0.05) is 35.9 Å². The summed E-state index contributed by atoms with van der Waals surface area (Å²) in [5, 5.41) is 15.6. The predicted octanol–water partition coefficient (Wildman–Crippen LogP) is 4.02. The van der Waals surface area contributed by atoms with E-state index < -0.39 is 11.9 Å². The van der Waals surface area contributed by atoms with E-state index in [-0.39, 0.29) is 0 Å². The summed E-state index contributed by atoms with van der Waals surface area (Å²) < 4.78 is 6.27. The SMILES string of the molecule is Cc1ccc2c(c1)[C@@H]1CCN(C)C[C@@H]1c1ccccc1O2.O=C(O)/C=C\C(=O)O. The summed E-state index contributed by atoms with van der Waals surface area (Å²) in [6, 6.07) is 15.2. The number of ether oxygens (including phenoxy) is 1. The molecule has 0 spiro atoms. The van der Waals surface area contributed by atoms with E-state index in [1.165, 1.54) is 23.1 Å². The van der Waals surface area contributed by atoms with Crippen LogP contribution in [0.1, 0.15) is 34.9 Å². The van der Waals surface area contributed by atoms with Crippen molar-refractivity contribution in [3.8, 4) is 11.5 Å². The zero-order valence-corrected chi connectivity index (χ0v) is 16.5. The largest absolute Gasteiger partial charge is 0.478 e. The van der Waals surface area contributed by atoms with E-state index in [2.05, 4.69) is 61.3 Å². The van der Waals surface area contributed by atoms with E-state index in [4.69, 9.17) is 14.9 Å². The summed E-state index contributed by atoms with van der Waals surface area (Å²) in [5.74, 6) is 0.665. The normalized spacial score (nSPS) is 20.2. The van der Waals surface area contributed by atoms with Crippen molar-refractivity contribution in [2.45, 2.75) is 25.2 Å². The van der Waals surface area contributed by atoms with Crippen LogP contribution in [0.25, 0.3) is 0 Å². The molecule has 1 fully saturated rings. The van der Waals surface area contributed by atoms with E-state index in [0.717, 1.165) is 24.6 Å². The van der Waals surface area contributed by atoms with Gasteiger partial charge in [0.25, 0.3) is 0 Å². The maximum Gasteiger partial charge on any atom is 0.328 e. The second kappa shape index (κ2) is 8.92. The minimum absolute atomic E-state index is 0.531. The van der Waals surface area contributed by atoms with Crippen molar-refractivity contribution in [1.82, 2.24) is 4.90 Å². The number of nitrogens with zero attached hydrogens (tertiary/aromatic N) is 1. The third-order valence-corrected chi connectivity index (χ3v) is 5.29. The lowest BCUT2D eigenvalue weighted by Crippen LogP contribution is -2.35. The Morgan fingerprint density at radius 2 is 1.66 bits per heavy atom. The fourth-order valence-corrected chi connectivity index (χ4v) is 3.99. The Hall–Kier alpha value is -3.12. The van der Waals surface area contributed by atoms with Gasteiger partial charge < -0.3 is 19.8 Å². The molecule has 0 aromatic heterocycles. The fourth-order valence-electron chi connectivity index (χ4n) is 3.99. The average Bonchev–Trinajstić information content (AvgIpc) is 2.81. The zero-order valence-electron chi connectivity index (χ0n) is 16.5. The molecule has 2 aliphatic rings. The average molecular weight is 395 g/mol. The molecule has 0 amide bonds. The minimum Gasteiger partial charge on any atom is -0.478 e. The van der Waals surface area contributed by atoms with Gasteiger partial charge in [-0.05, 0) is 56.1 Å². The number of hydrogen-bond acceptors (Lipinski definition) is 4. The fraction of sp³-hybridized carbons (Fsp3) is 0.304. The third kappa shape index (κ3) is 5.03. The first-order valence-corrected chi connectivity index (χ1v) is 9.55. The van der Waals surface area contributed by atoms with E-state index in [1.54, 1.807) is 0 Å². The molecule has 152 valence electrons. The first-order chi connectivity index (χ1) is 13.8. The van der Waals surface area contributed by atoms with Crippen molar-refractivity contribution in [1.29, 1.82) is 0 Å². The van der Waals surface area contributed by atoms with Crippen molar-refractivity contribution in [2.75, 3.05) is 20.1 Å². The molecule has 2 heterocycles. The third-order valence-electron chi connectivity index (χ3n) is 5.29. The lowest BCUT2D eigenvalue weighted by atomic mass is 9.76. The van der Waals surface area contributed by atoms with Gasteiger partial charge in [-0.25, -0.2) is 9.59 Å². The van der Waals surface area contributed by atoms with Gasteiger partial charge >= 0.3 is 11.9 Å². The van der Waals surface area contributed by atoms with E-state index in [1.807, 2.05) is 0 Å². The number of aryl methyl sites for hydroxylation is 1. The maximum absolute atomic E-state index is 9.55. The summed E-state index contributed by atoms with van der Waals surface area (Å²) in [4.78, 5) is 21.6. The lowest BCUT2D eigenvalue weighted by molar-refractivity contribution is -0.134. The Labute approximate surface area is 170 Å². The summed E-state index contributed by atoms with van der Waals surface area (Å²) >= 11 is 0. The van der Waals surface area contributed by atoms with Gasteiger partial charge in [-0.2, -0.15) is 0 Å². The molecule has 0 aliphatic carbocycles. The van der Waals surface area contributed by atoms with Gasteiger partial charge in [-0.15, -0.1) is 0 Å². The highest BCUT2D eigenvalue weighted by Crippen LogP contribution is 2.49. The van der Waals surface area contributed by atoms with Gasteiger partial charge in [0, 0.05) is 24.6 Å². The highest BCUT2D eigenvalue weighted by molar-refractivity contribution is 5.89. The molecule has 1 saturated heterocycles. The van der Waals surface area contributed by atoms with Crippen LogP contribution in [0.2, 0.25) is 0 Å². The smallest absolute Gasteiger partial charge is 0.328 e. The molecule has 6 nitrogen and oxygen atoms in total. The Kier molecular flexibility index (Phi) is 6.34. The van der Waals surface area contributed by atoms with Crippen molar-refractivity contribution in [2.24, 2.45) is 0 Å². The van der Waals surface area contributed by atoms with Gasteiger partial charge in [0.15, 0.2) is 0 Å². The van der Waals surface area contributed by atoms with E-state index in [9.17, 15) is 9.59 Å². The molecule has 2 atom stereocenters. The van der Waals surface area contributed by atoms with Crippen molar-refractivity contribution >= 4 is 11.9 Å². The lowest BCUT2D eigenvalue weighted by Gasteiger charge is -2.36. The highest BCUT2D eigenvalue weighted by Gasteiger charge is 2.35. The molecule has 2 N–H and O–H groups in total. The Morgan fingerprint density at radius 1 is 1.00 bits per heavy atom. The highest BCUT2D eigenvalue weighted by atomic mass is 16.5. The number of carboxylic acid groups (broad SMARTS) is 2. The Balaban J connectivity index is 0.000000258. The number of para-hydroxylation sites is 1. The quantitative estimate of drug-likeness (QED) is 0.747. The second-order valence-electron chi connectivity index (χ2n) is 7.45. The predicted molar refractivity (Wildman–Crippen MR) is 110 cm³/mol. The van der Waals surface area contributed by atoms with Crippen LogP contribution in [0.3, 0.4) is 0 Å². The second-order valence-corrected chi connectivity index (χ2v) is 7.45. The van der Waals surface area contributed by atoms with Crippen molar-refractivity contribution in [3.05, 3.63) is 71.3 Å². The molecule has 0 unspecified atom stereocenters. The van der Waals surface area contributed by atoms with Crippen LogP contribution in [0, 0.1) is 6.92 Å². The topological polar surface area (TPSA) is 87.1 Å². The molecular weight excluding hydrogens is 370 g/mol. The first kappa shape index (κ1) is 20.6. The molecule has 0 bridgehead atoms. The van der Waals surface area contributed by atoms with Crippen LogP contribution >= 0.6 is 0 Å². The van der Waals surface area contributed by atoms with Crippen molar-refractivity contribution < 1.29 is 24.5 Å².